The molecule has 1 saturated heterocycles. The van der Waals surface area contributed by atoms with E-state index >= 15 is 0 Å². The van der Waals surface area contributed by atoms with Crippen LogP contribution in [0.3, 0.4) is 0 Å². The molecular formula is C33H35ClN4O4. The molecule has 9 heteroatoms. The Morgan fingerprint density at radius 1 is 0.929 bits per heavy atom. The SMILES string of the molecule is Cc1cc(NC(=O)C2(NC(=O)[C@@H]3Cc4ccccc4CN3C(=O)CCC(=O)c3ccccc3)CCNCC2)ccc1Cl. The molecule has 0 aliphatic carbocycles. The minimum atomic E-state index is -1.15. The van der Waals surface area contributed by atoms with E-state index in [0.717, 1.165) is 16.7 Å². The molecule has 2 aliphatic rings. The third kappa shape index (κ3) is 6.55. The van der Waals surface area contributed by atoms with Crippen molar-refractivity contribution in [2.24, 2.45) is 0 Å². The maximum absolute atomic E-state index is 14.0. The van der Waals surface area contributed by atoms with E-state index in [1.165, 1.54) is 0 Å². The molecule has 5 rings (SSSR count). The van der Waals surface area contributed by atoms with Crippen molar-refractivity contribution in [3.63, 3.8) is 0 Å². The Hall–Kier alpha value is -4.01. The van der Waals surface area contributed by atoms with Crippen molar-refractivity contribution >= 4 is 40.8 Å². The van der Waals surface area contributed by atoms with E-state index in [2.05, 4.69) is 16.0 Å². The van der Waals surface area contributed by atoms with Crippen molar-refractivity contribution in [2.45, 2.75) is 57.2 Å². The predicted molar refractivity (Wildman–Crippen MR) is 162 cm³/mol. The molecule has 3 aromatic carbocycles. The molecule has 0 bridgehead atoms. The molecule has 3 amide bonds. The lowest BCUT2D eigenvalue weighted by atomic mass is 9.85. The van der Waals surface area contributed by atoms with E-state index in [1.54, 1.807) is 47.4 Å². The van der Waals surface area contributed by atoms with Gasteiger partial charge in [-0.15, -0.1) is 0 Å². The van der Waals surface area contributed by atoms with Crippen LogP contribution < -0.4 is 16.0 Å². The molecule has 8 nitrogen and oxygen atoms in total. The number of nitrogens with zero attached hydrogens (tertiary/aromatic N) is 1. The van der Waals surface area contributed by atoms with E-state index < -0.39 is 11.6 Å². The molecule has 1 fully saturated rings. The Bertz CT molecular complexity index is 1490. The minimum absolute atomic E-state index is 0.00879. The summed E-state index contributed by atoms with van der Waals surface area (Å²) in [5, 5.41) is 9.91. The lowest BCUT2D eigenvalue weighted by Gasteiger charge is -2.41. The largest absolute Gasteiger partial charge is 0.340 e. The molecule has 218 valence electrons. The highest BCUT2D eigenvalue weighted by Crippen LogP contribution is 2.28. The molecule has 2 heterocycles. The van der Waals surface area contributed by atoms with Crippen LogP contribution in [-0.2, 0) is 27.3 Å². The Kier molecular flexibility index (Phi) is 9.04. The second-order valence-corrected chi connectivity index (χ2v) is 11.4. The molecule has 1 atom stereocenters. The van der Waals surface area contributed by atoms with Crippen LogP contribution in [0.15, 0.2) is 72.8 Å². The maximum Gasteiger partial charge on any atom is 0.250 e. The van der Waals surface area contributed by atoms with Crippen molar-refractivity contribution in [1.29, 1.82) is 0 Å². The highest BCUT2D eigenvalue weighted by molar-refractivity contribution is 6.31. The van der Waals surface area contributed by atoms with Gasteiger partial charge in [-0.1, -0.05) is 66.2 Å². The zero-order valence-corrected chi connectivity index (χ0v) is 24.4. The third-order valence-electron chi connectivity index (χ3n) is 8.20. The molecule has 3 aromatic rings. The fourth-order valence-corrected chi connectivity index (χ4v) is 5.82. The molecule has 0 saturated carbocycles. The van der Waals surface area contributed by atoms with Crippen LogP contribution in [0.1, 0.15) is 52.7 Å². The number of halogens is 1. The number of nitrogens with one attached hydrogen (secondary N) is 3. The van der Waals surface area contributed by atoms with Crippen LogP contribution in [0.5, 0.6) is 0 Å². The molecule has 0 spiro atoms. The molecular weight excluding hydrogens is 552 g/mol. The number of amides is 3. The third-order valence-corrected chi connectivity index (χ3v) is 8.63. The lowest BCUT2D eigenvalue weighted by Crippen LogP contribution is -2.65. The number of Topliss-reactive ketones (excluding diaryl/α,β-unsaturated/α-hetero) is 1. The smallest absolute Gasteiger partial charge is 0.250 e. The quantitative estimate of drug-likeness (QED) is 0.338. The fraction of sp³-hybridized carbons (Fsp3) is 0.333. The van der Waals surface area contributed by atoms with Gasteiger partial charge in [0.1, 0.15) is 11.6 Å². The number of carbonyl (C=O) groups excluding carboxylic acids is 4. The van der Waals surface area contributed by atoms with Gasteiger partial charge in [-0.2, -0.15) is 0 Å². The van der Waals surface area contributed by atoms with Gasteiger partial charge in [0.2, 0.25) is 17.7 Å². The van der Waals surface area contributed by atoms with Crippen LogP contribution in [-0.4, -0.2) is 53.1 Å². The normalized spacial score (nSPS) is 17.6. The van der Waals surface area contributed by atoms with Crippen LogP contribution in [0.4, 0.5) is 5.69 Å². The van der Waals surface area contributed by atoms with Crippen LogP contribution in [0.2, 0.25) is 5.02 Å². The second kappa shape index (κ2) is 12.9. The van der Waals surface area contributed by atoms with E-state index in [9.17, 15) is 19.2 Å². The average Bonchev–Trinajstić information content (AvgIpc) is 3.01. The number of carbonyl (C=O) groups is 4. The fourth-order valence-electron chi connectivity index (χ4n) is 5.71. The summed E-state index contributed by atoms with van der Waals surface area (Å²) in [6.45, 7) is 3.24. The molecule has 42 heavy (non-hydrogen) atoms. The monoisotopic (exact) mass is 586 g/mol. The molecule has 2 aliphatic heterocycles. The number of anilines is 1. The number of ketones is 1. The van der Waals surface area contributed by atoms with E-state index in [0.29, 0.717) is 48.6 Å². The number of rotatable bonds is 8. The summed E-state index contributed by atoms with van der Waals surface area (Å²) < 4.78 is 0. The first kappa shape index (κ1) is 29.5. The van der Waals surface area contributed by atoms with Gasteiger partial charge in [0.25, 0.3) is 0 Å². The summed E-state index contributed by atoms with van der Waals surface area (Å²) >= 11 is 6.17. The first-order valence-electron chi connectivity index (χ1n) is 14.3. The highest BCUT2D eigenvalue weighted by atomic mass is 35.5. The summed E-state index contributed by atoms with van der Waals surface area (Å²) in [5.74, 6) is -1.07. The van der Waals surface area contributed by atoms with E-state index in [-0.39, 0.29) is 42.9 Å². The number of fused-ring (bicyclic) bond motifs is 1. The van der Waals surface area contributed by atoms with Crippen molar-refractivity contribution in [1.82, 2.24) is 15.5 Å². The minimum Gasteiger partial charge on any atom is -0.340 e. The first-order valence-corrected chi connectivity index (χ1v) is 14.7. The van der Waals surface area contributed by atoms with Crippen LogP contribution in [0.25, 0.3) is 0 Å². The maximum atomic E-state index is 14.0. The number of hydrogen-bond donors (Lipinski definition) is 3. The van der Waals surface area contributed by atoms with Gasteiger partial charge in [-0.25, -0.2) is 0 Å². The lowest BCUT2D eigenvalue weighted by molar-refractivity contribution is -0.143. The zero-order valence-electron chi connectivity index (χ0n) is 23.6. The summed E-state index contributed by atoms with van der Waals surface area (Å²) in [6.07, 6.45) is 1.17. The van der Waals surface area contributed by atoms with Crippen molar-refractivity contribution in [3.05, 3.63) is 100 Å². The van der Waals surface area contributed by atoms with E-state index in [1.807, 2.05) is 37.3 Å². The standard InChI is InChI=1S/C33H35ClN4O4/c1-22-19-26(11-12-27(22)34)36-32(42)33(15-17-35-18-16-33)37-31(41)28-20-24-9-5-6-10-25(24)21-38(28)30(40)14-13-29(39)23-7-3-2-4-8-23/h2-12,19,28,35H,13-18,20-21H2,1H3,(H,36,42)(H,37,41)/t28-/m0/s1. The predicted octanol–water partition coefficient (Wildman–Crippen LogP) is 4.44. The summed E-state index contributed by atoms with van der Waals surface area (Å²) in [5.41, 5.74) is 2.79. The van der Waals surface area contributed by atoms with Crippen LogP contribution >= 0.6 is 11.6 Å². The van der Waals surface area contributed by atoms with Gasteiger partial charge < -0.3 is 20.9 Å². The van der Waals surface area contributed by atoms with Crippen molar-refractivity contribution in [2.75, 3.05) is 18.4 Å². The van der Waals surface area contributed by atoms with Gasteiger partial charge in [0.15, 0.2) is 5.78 Å². The van der Waals surface area contributed by atoms with Gasteiger partial charge in [-0.3, -0.25) is 19.2 Å². The van der Waals surface area contributed by atoms with E-state index in [4.69, 9.17) is 11.6 Å². The Morgan fingerprint density at radius 2 is 1.62 bits per heavy atom. The van der Waals surface area contributed by atoms with Gasteiger partial charge in [0.05, 0.1) is 0 Å². The van der Waals surface area contributed by atoms with Crippen molar-refractivity contribution < 1.29 is 19.2 Å². The highest BCUT2D eigenvalue weighted by Gasteiger charge is 2.44. The zero-order chi connectivity index (χ0) is 29.7. The molecule has 3 N–H and O–H groups in total. The topological polar surface area (TPSA) is 108 Å². The Balaban J connectivity index is 1.35. The summed E-state index contributed by atoms with van der Waals surface area (Å²) in [7, 11) is 0. The Morgan fingerprint density at radius 3 is 2.33 bits per heavy atom. The van der Waals surface area contributed by atoms with Gasteiger partial charge >= 0.3 is 0 Å². The number of hydrogen-bond acceptors (Lipinski definition) is 5. The van der Waals surface area contributed by atoms with Crippen LogP contribution in [0, 0.1) is 6.92 Å². The molecule has 0 aromatic heterocycles. The Labute approximate surface area is 250 Å². The summed E-state index contributed by atoms with van der Waals surface area (Å²) in [4.78, 5) is 55.6. The second-order valence-electron chi connectivity index (χ2n) is 11.0. The first-order chi connectivity index (χ1) is 20.3. The molecule has 0 radical (unpaired) electrons. The molecule has 0 unspecified atom stereocenters. The average molecular weight is 587 g/mol. The number of aryl methyl sites for hydroxylation is 1. The van der Waals surface area contributed by atoms with Gasteiger partial charge in [-0.05, 0) is 67.7 Å². The number of piperidine rings is 1. The number of benzene rings is 3. The van der Waals surface area contributed by atoms with Gasteiger partial charge in [0, 0.05) is 42.1 Å². The summed E-state index contributed by atoms with van der Waals surface area (Å²) in [6, 6.07) is 21.1. The van der Waals surface area contributed by atoms with Crippen molar-refractivity contribution in [3.8, 4) is 0 Å².